The van der Waals surface area contributed by atoms with E-state index in [1.54, 1.807) is 24.3 Å². The van der Waals surface area contributed by atoms with Crippen LogP contribution in [-0.4, -0.2) is 36.0 Å². The quantitative estimate of drug-likeness (QED) is 0.518. The van der Waals surface area contributed by atoms with E-state index in [-0.39, 0.29) is 0 Å². The lowest BCUT2D eigenvalue weighted by Gasteiger charge is -2.16. The highest BCUT2D eigenvalue weighted by Gasteiger charge is 2.18. The van der Waals surface area contributed by atoms with E-state index in [2.05, 4.69) is 10.5 Å². The molecule has 0 saturated heterocycles. The molecule has 2 amide bonds. The van der Waals surface area contributed by atoms with Gasteiger partial charge in [-0.1, -0.05) is 23.7 Å². The van der Waals surface area contributed by atoms with Crippen molar-refractivity contribution < 1.29 is 9.59 Å². The van der Waals surface area contributed by atoms with Gasteiger partial charge in [0, 0.05) is 18.1 Å². The zero-order valence-corrected chi connectivity index (χ0v) is 11.6. The Morgan fingerprint density at radius 2 is 1.84 bits per heavy atom. The molecule has 1 N–H and O–H groups in total. The molecule has 0 saturated carbocycles. The molecule has 0 radical (unpaired) electrons. The van der Waals surface area contributed by atoms with Gasteiger partial charge >= 0.3 is 11.8 Å². The van der Waals surface area contributed by atoms with Crippen molar-refractivity contribution in [3.05, 3.63) is 34.9 Å². The number of halogens is 1. The van der Waals surface area contributed by atoms with E-state index >= 15 is 0 Å². The van der Waals surface area contributed by atoms with E-state index in [0.717, 1.165) is 5.56 Å². The van der Waals surface area contributed by atoms with Crippen LogP contribution in [-0.2, 0) is 9.59 Å². The topological polar surface area (TPSA) is 61.8 Å². The molecule has 0 fully saturated rings. The van der Waals surface area contributed by atoms with Crippen molar-refractivity contribution in [2.45, 2.75) is 13.8 Å². The second-order valence-corrected chi connectivity index (χ2v) is 4.16. The van der Waals surface area contributed by atoms with E-state index in [0.29, 0.717) is 18.1 Å². The molecule has 0 heterocycles. The summed E-state index contributed by atoms with van der Waals surface area (Å²) in [5, 5.41) is 4.35. The molecule has 19 heavy (non-hydrogen) atoms. The number of nitrogens with one attached hydrogen (secondary N) is 1. The van der Waals surface area contributed by atoms with Crippen LogP contribution >= 0.6 is 11.6 Å². The van der Waals surface area contributed by atoms with Gasteiger partial charge in [-0.15, -0.1) is 0 Å². The Morgan fingerprint density at radius 1 is 1.26 bits per heavy atom. The first-order chi connectivity index (χ1) is 9.08. The lowest BCUT2D eigenvalue weighted by atomic mass is 10.2. The first-order valence-corrected chi connectivity index (χ1v) is 6.34. The van der Waals surface area contributed by atoms with E-state index < -0.39 is 11.8 Å². The molecule has 6 heteroatoms. The molecule has 0 aliphatic rings. The Morgan fingerprint density at radius 3 is 2.37 bits per heavy atom. The van der Waals surface area contributed by atoms with E-state index in [4.69, 9.17) is 11.6 Å². The fourth-order valence-electron chi connectivity index (χ4n) is 1.42. The van der Waals surface area contributed by atoms with Crippen molar-refractivity contribution in [3.8, 4) is 0 Å². The number of amides is 2. The summed E-state index contributed by atoms with van der Waals surface area (Å²) >= 11 is 5.74. The molecule has 0 bridgehead atoms. The molecule has 0 atom stereocenters. The van der Waals surface area contributed by atoms with E-state index in [1.165, 1.54) is 11.1 Å². The second-order valence-electron chi connectivity index (χ2n) is 3.73. The van der Waals surface area contributed by atoms with Gasteiger partial charge in [-0.25, -0.2) is 5.43 Å². The van der Waals surface area contributed by atoms with Crippen molar-refractivity contribution in [2.75, 3.05) is 13.1 Å². The highest BCUT2D eigenvalue weighted by Crippen LogP contribution is 2.07. The van der Waals surface area contributed by atoms with Crippen molar-refractivity contribution in [1.29, 1.82) is 0 Å². The van der Waals surface area contributed by atoms with Crippen molar-refractivity contribution in [2.24, 2.45) is 5.10 Å². The molecule has 5 nitrogen and oxygen atoms in total. The molecule has 1 aromatic rings. The Bertz CT molecular complexity index is 467. The minimum absolute atomic E-state index is 0.490. The number of carbonyl (C=O) groups is 2. The van der Waals surface area contributed by atoms with Crippen molar-refractivity contribution >= 4 is 29.6 Å². The first-order valence-electron chi connectivity index (χ1n) is 5.96. The van der Waals surface area contributed by atoms with E-state index in [1.807, 2.05) is 13.8 Å². The molecule has 0 aromatic heterocycles. The molecule has 0 unspecified atom stereocenters. The number of hydrogen-bond acceptors (Lipinski definition) is 3. The summed E-state index contributed by atoms with van der Waals surface area (Å²) in [7, 11) is 0. The Kier molecular flexibility index (Phi) is 6.02. The standard InChI is InChI=1S/C13H16ClN3O2/c1-3-17(4-2)13(19)12(18)16-15-9-10-5-7-11(14)8-6-10/h5-9H,3-4H2,1-2H3,(H,16,18)/b15-9-. The fraction of sp³-hybridized carbons (Fsp3) is 0.308. The van der Waals surface area contributed by atoms with Gasteiger partial charge in [0.15, 0.2) is 0 Å². The smallest absolute Gasteiger partial charge is 0.329 e. The predicted octanol–water partition coefficient (Wildman–Crippen LogP) is 1.66. The number of benzene rings is 1. The third-order valence-electron chi connectivity index (χ3n) is 2.49. The second kappa shape index (κ2) is 7.53. The van der Waals surface area contributed by atoms with Crippen LogP contribution in [0.15, 0.2) is 29.4 Å². The molecule has 0 spiro atoms. The summed E-state index contributed by atoms with van der Waals surface area (Å²) in [5.74, 6) is -1.33. The van der Waals surface area contributed by atoms with Crippen LogP contribution in [0.5, 0.6) is 0 Å². The van der Waals surface area contributed by atoms with Crippen LogP contribution in [0.25, 0.3) is 0 Å². The zero-order valence-electron chi connectivity index (χ0n) is 10.9. The average Bonchev–Trinajstić information content (AvgIpc) is 2.42. The number of hydrogen-bond donors (Lipinski definition) is 1. The van der Waals surface area contributed by atoms with Crippen molar-refractivity contribution in [1.82, 2.24) is 10.3 Å². The summed E-state index contributed by atoms with van der Waals surface area (Å²) < 4.78 is 0. The fourth-order valence-corrected chi connectivity index (χ4v) is 1.54. The summed E-state index contributed by atoms with van der Waals surface area (Å²) in [6.45, 7) is 4.60. The lowest BCUT2D eigenvalue weighted by molar-refractivity contribution is -0.145. The Hall–Kier alpha value is -1.88. The molecule has 1 rings (SSSR count). The number of rotatable bonds is 4. The van der Waals surface area contributed by atoms with Crippen molar-refractivity contribution in [3.63, 3.8) is 0 Å². The summed E-state index contributed by atoms with van der Waals surface area (Å²) in [6, 6.07) is 6.94. The molecule has 0 aliphatic heterocycles. The van der Waals surface area contributed by atoms with Crippen LogP contribution < -0.4 is 5.43 Å². The van der Waals surface area contributed by atoms with Gasteiger partial charge in [0.25, 0.3) is 0 Å². The Balaban J connectivity index is 2.54. The minimum Gasteiger partial charge on any atom is -0.335 e. The molecular weight excluding hydrogens is 266 g/mol. The normalized spacial score (nSPS) is 10.5. The number of carbonyl (C=O) groups excluding carboxylic acids is 2. The zero-order chi connectivity index (χ0) is 14.3. The van der Waals surface area contributed by atoms with Gasteiger partial charge in [-0.05, 0) is 31.5 Å². The summed E-state index contributed by atoms with van der Waals surface area (Å²) in [5.41, 5.74) is 2.98. The number of nitrogens with zero attached hydrogens (tertiary/aromatic N) is 2. The first kappa shape index (κ1) is 15.2. The monoisotopic (exact) mass is 281 g/mol. The minimum atomic E-state index is -0.742. The molecule has 102 valence electrons. The number of likely N-dealkylation sites (N-methyl/N-ethyl adjacent to an activating group) is 1. The maximum absolute atomic E-state index is 11.6. The van der Waals surface area contributed by atoms with Crippen LogP contribution in [0.4, 0.5) is 0 Å². The van der Waals surface area contributed by atoms with Gasteiger partial charge in [-0.2, -0.15) is 5.10 Å². The van der Waals surface area contributed by atoms with Gasteiger partial charge in [-0.3, -0.25) is 9.59 Å². The summed E-state index contributed by atoms with van der Waals surface area (Å²) in [6.07, 6.45) is 1.45. The predicted molar refractivity (Wildman–Crippen MR) is 75.1 cm³/mol. The highest BCUT2D eigenvalue weighted by atomic mass is 35.5. The van der Waals surface area contributed by atoms with Crippen LogP contribution in [0.3, 0.4) is 0 Å². The van der Waals surface area contributed by atoms with Gasteiger partial charge in [0.05, 0.1) is 6.21 Å². The third-order valence-corrected chi connectivity index (χ3v) is 2.75. The summed E-state index contributed by atoms with van der Waals surface area (Å²) in [4.78, 5) is 24.5. The van der Waals surface area contributed by atoms with Crippen LogP contribution in [0.1, 0.15) is 19.4 Å². The maximum Gasteiger partial charge on any atom is 0.329 e. The molecule has 0 aliphatic carbocycles. The Labute approximate surface area is 117 Å². The SMILES string of the molecule is CCN(CC)C(=O)C(=O)N/N=C\c1ccc(Cl)cc1. The van der Waals surface area contributed by atoms with Crippen LogP contribution in [0, 0.1) is 0 Å². The average molecular weight is 282 g/mol. The van der Waals surface area contributed by atoms with Gasteiger partial charge in [0.1, 0.15) is 0 Å². The van der Waals surface area contributed by atoms with Crippen LogP contribution in [0.2, 0.25) is 5.02 Å². The molecular formula is C13H16ClN3O2. The number of hydrazone groups is 1. The third kappa shape index (κ3) is 4.71. The largest absolute Gasteiger partial charge is 0.335 e. The van der Waals surface area contributed by atoms with Gasteiger partial charge in [0.2, 0.25) is 0 Å². The van der Waals surface area contributed by atoms with E-state index in [9.17, 15) is 9.59 Å². The van der Waals surface area contributed by atoms with Gasteiger partial charge < -0.3 is 4.90 Å². The maximum atomic E-state index is 11.6. The lowest BCUT2D eigenvalue weighted by Crippen LogP contribution is -2.41. The molecule has 1 aromatic carbocycles. The highest BCUT2D eigenvalue weighted by molar-refractivity contribution is 6.35.